The smallest absolute Gasteiger partial charge is 0.226 e. The Labute approximate surface area is 169 Å². The van der Waals surface area contributed by atoms with Crippen LogP contribution in [0.3, 0.4) is 0 Å². The quantitative estimate of drug-likeness (QED) is 0.480. The number of nitrogens with one attached hydrogen (secondary N) is 3. The van der Waals surface area contributed by atoms with Crippen LogP contribution in [0, 0.1) is 6.92 Å². The molecule has 1 amide bonds. The van der Waals surface area contributed by atoms with E-state index >= 15 is 0 Å². The second kappa shape index (κ2) is 10.3. The molecule has 3 N–H and O–H groups in total. The molecule has 1 aromatic carbocycles. The van der Waals surface area contributed by atoms with Crippen LogP contribution in [0.15, 0.2) is 28.6 Å². The minimum absolute atomic E-state index is 0.0789. The summed E-state index contributed by atoms with van der Waals surface area (Å²) in [7, 11) is 1.70. The highest BCUT2D eigenvalue weighted by Crippen LogP contribution is 2.22. The Morgan fingerprint density at radius 1 is 1.33 bits per heavy atom. The Hall–Kier alpha value is -2.12. The third-order valence-electron chi connectivity index (χ3n) is 3.98. The fourth-order valence-corrected chi connectivity index (χ4v) is 3.37. The molecule has 1 aromatic heterocycles. The molecule has 0 fully saturated rings. The van der Waals surface area contributed by atoms with Gasteiger partial charge in [0.05, 0.1) is 12.2 Å². The molecular formula is C19H26ClN5OS. The van der Waals surface area contributed by atoms with E-state index in [2.05, 4.69) is 45.2 Å². The van der Waals surface area contributed by atoms with Gasteiger partial charge in [0, 0.05) is 36.1 Å². The molecule has 0 saturated carbocycles. The molecule has 27 heavy (non-hydrogen) atoms. The largest absolute Gasteiger partial charge is 0.356 e. The number of nitrogens with zero attached hydrogens (tertiary/aromatic N) is 2. The number of benzene rings is 1. The predicted molar refractivity (Wildman–Crippen MR) is 114 cm³/mol. The van der Waals surface area contributed by atoms with Gasteiger partial charge in [-0.25, -0.2) is 4.98 Å². The summed E-state index contributed by atoms with van der Waals surface area (Å²) in [5.74, 6) is 0.988. The second-order valence-corrected chi connectivity index (χ2v) is 7.73. The predicted octanol–water partition coefficient (Wildman–Crippen LogP) is 3.92. The molecule has 146 valence electrons. The van der Waals surface area contributed by atoms with Gasteiger partial charge in [0.1, 0.15) is 5.01 Å². The molecule has 0 radical (unpaired) electrons. The van der Waals surface area contributed by atoms with E-state index < -0.39 is 0 Å². The Balaban J connectivity index is 1.75. The normalized spacial score (nSPS) is 11.6. The molecule has 2 aromatic rings. The first-order valence-corrected chi connectivity index (χ1v) is 10.1. The highest BCUT2D eigenvalue weighted by atomic mass is 35.5. The molecule has 1 heterocycles. The average Bonchev–Trinajstić information content (AvgIpc) is 3.11. The van der Waals surface area contributed by atoms with E-state index in [1.165, 1.54) is 0 Å². The van der Waals surface area contributed by atoms with Crippen molar-refractivity contribution in [1.29, 1.82) is 0 Å². The number of aromatic nitrogens is 1. The van der Waals surface area contributed by atoms with E-state index in [9.17, 15) is 4.79 Å². The molecule has 0 aliphatic heterocycles. The van der Waals surface area contributed by atoms with E-state index in [0.717, 1.165) is 22.0 Å². The maximum Gasteiger partial charge on any atom is 0.226 e. The molecule has 2 rings (SSSR count). The zero-order chi connectivity index (χ0) is 19.8. The van der Waals surface area contributed by atoms with Gasteiger partial charge in [0.15, 0.2) is 5.96 Å². The number of anilines is 1. The third-order valence-corrected chi connectivity index (χ3v) is 5.25. The van der Waals surface area contributed by atoms with Crippen LogP contribution in [-0.2, 0) is 11.3 Å². The fourth-order valence-electron chi connectivity index (χ4n) is 2.30. The molecule has 6 nitrogen and oxygen atoms in total. The van der Waals surface area contributed by atoms with Crippen molar-refractivity contribution in [3.05, 3.63) is 44.9 Å². The van der Waals surface area contributed by atoms with Gasteiger partial charge in [-0.1, -0.05) is 31.5 Å². The molecule has 0 aliphatic carbocycles. The van der Waals surface area contributed by atoms with Gasteiger partial charge < -0.3 is 16.0 Å². The third kappa shape index (κ3) is 6.52. The van der Waals surface area contributed by atoms with Crippen molar-refractivity contribution >= 4 is 40.5 Å². The van der Waals surface area contributed by atoms with Gasteiger partial charge in [-0.15, -0.1) is 11.3 Å². The van der Waals surface area contributed by atoms with Crippen molar-refractivity contribution in [1.82, 2.24) is 15.6 Å². The summed E-state index contributed by atoms with van der Waals surface area (Å²) >= 11 is 7.71. The monoisotopic (exact) mass is 407 g/mol. The van der Waals surface area contributed by atoms with Crippen LogP contribution in [-0.4, -0.2) is 30.4 Å². The van der Waals surface area contributed by atoms with E-state index in [4.69, 9.17) is 11.6 Å². The minimum Gasteiger partial charge on any atom is -0.356 e. The Morgan fingerprint density at radius 3 is 2.78 bits per heavy atom. The number of aliphatic imine (C=N–C) groups is 1. The first-order chi connectivity index (χ1) is 12.9. The van der Waals surface area contributed by atoms with Crippen molar-refractivity contribution in [2.75, 3.05) is 18.9 Å². The molecular weight excluding hydrogens is 382 g/mol. The van der Waals surface area contributed by atoms with Crippen LogP contribution < -0.4 is 16.0 Å². The number of amides is 1. The summed E-state index contributed by atoms with van der Waals surface area (Å²) in [5, 5.41) is 13.0. The van der Waals surface area contributed by atoms with E-state index in [1.54, 1.807) is 24.5 Å². The van der Waals surface area contributed by atoms with Gasteiger partial charge in [-0.05, 0) is 30.5 Å². The van der Waals surface area contributed by atoms with Crippen LogP contribution in [0.2, 0.25) is 5.02 Å². The highest BCUT2D eigenvalue weighted by Gasteiger charge is 2.08. The summed E-state index contributed by atoms with van der Waals surface area (Å²) in [4.78, 5) is 20.9. The van der Waals surface area contributed by atoms with Crippen LogP contribution in [0.25, 0.3) is 0 Å². The number of carbonyl (C=O) groups excluding carboxylic acids is 1. The summed E-state index contributed by atoms with van der Waals surface area (Å²) < 4.78 is 0. The molecule has 0 atom stereocenters. The average molecular weight is 408 g/mol. The summed E-state index contributed by atoms with van der Waals surface area (Å²) in [6.45, 7) is 7.21. The molecule has 0 spiro atoms. The minimum atomic E-state index is -0.0789. The first kappa shape index (κ1) is 21.2. The lowest BCUT2D eigenvalue weighted by molar-refractivity contribution is -0.116. The highest BCUT2D eigenvalue weighted by molar-refractivity contribution is 7.09. The Kier molecular flexibility index (Phi) is 8.06. The van der Waals surface area contributed by atoms with Gasteiger partial charge >= 0.3 is 0 Å². The molecule has 0 unspecified atom stereocenters. The molecule has 0 saturated heterocycles. The van der Waals surface area contributed by atoms with Crippen molar-refractivity contribution in [3.8, 4) is 0 Å². The van der Waals surface area contributed by atoms with Crippen molar-refractivity contribution < 1.29 is 4.79 Å². The van der Waals surface area contributed by atoms with Crippen molar-refractivity contribution in [2.45, 2.75) is 39.7 Å². The van der Waals surface area contributed by atoms with E-state index in [-0.39, 0.29) is 5.91 Å². The second-order valence-electron chi connectivity index (χ2n) is 6.38. The lowest BCUT2D eigenvalue weighted by Crippen LogP contribution is -2.38. The first-order valence-electron chi connectivity index (χ1n) is 8.84. The standard InChI is InChI=1S/C19H26ClN5OS/c1-12(2)16-11-27-18(25-16)10-23-19(21-4)22-9-8-17(26)24-15-7-5-6-14(20)13(15)3/h5-7,11-12H,8-10H2,1-4H3,(H,24,26)(H2,21,22,23). The lowest BCUT2D eigenvalue weighted by atomic mass is 10.2. The topological polar surface area (TPSA) is 78.4 Å². The SMILES string of the molecule is CN=C(NCCC(=O)Nc1cccc(Cl)c1C)NCc1nc(C(C)C)cs1. The molecule has 8 heteroatoms. The number of hydrogen-bond donors (Lipinski definition) is 3. The Bertz CT molecular complexity index is 803. The van der Waals surface area contributed by atoms with Crippen LogP contribution in [0.4, 0.5) is 5.69 Å². The zero-order valence-corrected chi connectivity index (χ0v) is 17.7. The maximum atomic E-state index is 12.1. The number of hydrogen-bond acceptors (Lipinski definition) is 4. The van der Waals surface area contributed by atoms with Crippen LogP contribution in [0.1, 0.15) is 42.5 Å². The fraction of sp³-hybridized carbons (Fsp3) is 0.421. The van der Waals surface area contributed by atoms with Crippen molar-refractivity contribution in [2.24, 2.45) is 4.99 Å². The van der Waals surface area contributed by atoms with E-state index in [1.807, 2.05) is 19.1 Å². The van der Waals surface area contributed by atoms with Gasteiger partial charge in [-0.3, -0.25) is 9.79 Å². The lowest BCUT2D eigenvalue weighted by Gasteiger charge is -2.12. The summed E-state index contributed by atoms with van der Waals surface area (Å²) in [6.07, 6.45) is 0.321. The molecule has 0 aliphatic rings. The number of guanidine groups is 1. The summed E-state index contributed by atoms with van der Waals surface area (Å²) in [6, 6.07) is 5.46. The maximum absolute atomic E-state index is 12.1. The number of rotatable bonds is 7. The number of carbonyl (C=O) groups is 1. The zero-order valence-electron chi connectivity index (χ0n) is 16.1. The number of halogens is 1. The summed E-state index contributed by atoms with van der Waals surface area (Å²) in [5.41, 5.74) is 2.70. The molecule has 0 bridgehead atoms. The van der Waals surface area contributed by atoms with Gasteiger partial charge in [-0.2, -0.15) is 0 Å². The Morgan fingerprint density at radius 2 is 2.11 bits per heavy atom. The van der Waals surface area contributed by atoms with Gasteiger partial charge in [0.25, 0.3) is 0 Å². The van der Waals surface area contributed by atoms with Crippen LogP contribution in [0.5, 0.6) is 0 Å². The van der Waals surface area contributed by atoms with Gasteiger partial charge in [0.2, 0.25) is 5.91 Å². The van der Waals surface area contributed by atoms with Crippen molar-refractivity contribution in [3.63, 3.8) is 0 Å². The van der Waals surface area contributed by atoms with Crippen LogP contribution >= 0.6 is 22.9 Å². The van der Waals surface area contributed by atoms with E-state index in [0.29, 0.717) is 36.4 Å². The number of thiazole rings is 1.